The van der Waals surface area contributed by atoms with Crippen molar-refractivity contribution in [3.63, 3.8) is 0 Å². The Kier molecular flexibility index (Phi) is 3.28. The average Bonchev–Trinajstić information content (AvgIpc) is 2.10. The summed E-state index contributed by atoms with van der Waals surface area (Å²) in [4.78, 5) is 24.4. The Balaban J connectivity index is 2.77. The molecule has 0 bridgehead atoms. The largest absolute Gasteiger partial charge is 0.481 e. The Labute approximate surface area is 95.6 Å². The molecule has 1 saturated carbocycles. The summed E-state index contributed by atoms with van der Waals surface area (Å²) in [5.74, 6) is -1.47. The van der Waals surface area contributed by atoms with Crippen molar-refractivity contribution in [1.82, 2.24) is 4.90 Å². The molecular formula is C11H20N2O3. The van der Waals surface area contributed by atoms with E-state index in [-0.39, 0.29) is 18.0 Å². The lowest BCUT2D eigenvalue weighted by atomic mass is 9.73. The van der Waals surface area contributed by atoms with E-state index in [1.54, 1.807) is 7.05 Å². The van der Waals surface area contributed by atoms with Gasteiger partial charge in [-0.2, -0.15) is 0 Å². The molecule has 0 aromatic carbocycles. The van der Waals surface area contributed by atoms with Gasteiger partial charge in [0.15, 0.2) is 0 Å². The summed E-state index contributed by atoms with van der Waals surface area (Å²) >= 11 is 0. The van der Waals surface area contributed by atoms with Crippen LogP contribution in [0.1, 0.15) is 27.2 Å². The maximum Gasteiger partial charge on any atom is 0.308 e. The minimum Gasteiger partial charge on any atom is -0.481 e. The molecular weight excluding hydrogens is 208 g/mol. The number of amides is 1. The minimum atomic E-state index is -0.875. The summed E-state index contributed by atoms with van der Waals surface area (Å²) in [6.45, 7) is 5.43. The van der Waals surface area contributed by atoms with E-state index >= 15 is 0 Å². The highest BCUT2D eigenvalue weighted by atomic mass is 16.4. The molecule has 1 amide bonds. The number of carbonyl (C=O) groups is 2. The molecule has 0 heterocycles. The average molecular weight is 228 g/mol. The number of aliphatic carboxylic acids is 1. The minimum absolute atomic E-state index is 0.0705. The first-order chi connectivity index (χ1) is 7.16. The van der Waals surface area contributed by atoms with Crippen molar-refractivity contribution in [3.05, 3.63) is 0 Å². The zero-order valence-corrected chi connectivity index (χ0v) is 10.2. The standard InChI is InChI=1S/C11H20N2O3/c1-11(2,3)10(16)13(4)8-6(9(14)15)5-7(8)12/h6-8H,5,12H2,1-4H3,(H,14,15). The first-order valence-electron chi connectivity index (χ1n) is 5.42. The van der Waals surface area contributed by atoms with Crippen LogP contribution in [0.4, 0.5) is 0 Å². The fourth-order valence-electron chi connectivity index (χ4n) is 2.14. The van der Waals surface area contributed by atoms with Crippen LogP contribution in [0.5, 0.6) is 0 Å². The SMILES string of the molecule is CN(C(=O)C(C)(C)C)C1C(N)CC1C(=O)O. The molecule has 0 aliphatic heterocycles. The third-order valence-electron chi connectivity index (χ3n) is 3.10. The smallest absolute Gasteiger partial charge is 0.308 e. The Hall–Kier alpha value is -1.10. The highest BCUT2D eigenvalue weighted by molar-refractivity contribution is 5.83. The normalized spacial score (nSPS) is 29.4. The lowest BCUT2D eigenvalue weighted by Crippen LogP contribution is -2.64. The highest BCUT2D eigenvalue weighted by Gasteiger charge is 2.48. The van der Waals surface area contributed by atoms with E-state index in [0.29, 0.717) is 6.42 Å². The van der Waals surface area contributed by atoms with Gasteiger partial charge in [-0.1, -0.05) is 20.8 Å². The van der Waals surface area contributed by atoms with E-state index < -0.39 is 17.3 Å². The fraction of sp³-hybridized carbons (Fsp3) is 0.818. The van der Waals surface area contributed by atoms with Gasteiger partial charge in [-0.05, 0) is 6.42 Å². The van der Waals surface area contributed by atoms with Gasteiger partial charge in [-0.25, -0.2) is 0 Å². The fourth-order valence-corrected chi connectivity index (χ4v) is 2.14. The second-order valence-corrected chi connectivity index (χ2v) is 5.50. The van der Waals surface area contributed by atoms with Gasteiger partial charge in [-0.15, -0.1) is 0 Å². The third kappa shape index (κ3) is 2.19. The molecule has 0 saturated heterocycles. The molecule has 1 aliphatic carbocycles. The molecule has 0 aromatic rings. The van der Waals surface area contributed by atoms with Crippen molar-refractivity contribution in [2.24, 2.45) is 17.1 Å². The Morgan fingerprint density at radius 2 is 1.88 bits per heavy atom. The van der Waals surface area contributed by atoms with Crippen molar-refractivity contribution in [2.45, 2.75) is 39.3 Å². The zero-order chi connectivity index (χ0) is 12.7. The second-order valence-electron chi connectivity index (χ2n) is 5.50. The van der Waals surface area contributed by atoms with Crippen LogP contribution in [-0.2, 0) is 9.59 Å². The molecule has 1 fully saturated rings. The lowest BCUT2D eigenvalue weighted by molar-refractivity contribution is -0.155. The Bertz CT molecular complexity index is 309. The van der Waals surface area contributed by atoms with E-state index in [1.165, 1.54) is 4.90 Å². The molecule has 92 valence electrons. The van der Waals surface area contributed by atoms with Crippen molar-refractivity contribution >= 4 is 11.9 Å². The van der Waals surface area contributed by atoms with Crippen LogP contribution in [0.2, 0.25) is 0 Å². The number of hydrogen-bond acceptors (Lipinski definition) is 3. The monoisotopic (exact) mass is 228 g/mol. The van der Waals surface area contributed by atoms with Crippen LogP contribution < -0.4 is 5.73 Å². The first kappa shape index (κ1) is 13.0. The maximum absolute atomic E-state index is 12.0. The summed E-state index contributed by atoms with van der Waals surface area (Å²) in [5.41, 5.74) is 5.27. The summed E-state index contributed by atoms with van der Waals surface area (Å²) in [6.07, 6.45) is 0.446. The summed E-state index contributed by atoms with van der Waals surface area (Å²) in [5, 5.41) is 8.96. The van der Waals surface area contributed by atoms with E-state index in [4.69, 9.17) is 10.8 Å². The number of likely N-dealkylation sites (N-methyl/N-ethyl adjacent to an activating group) is 1. The molecule has 1 rings (SSSR count). The number of nitrogens with zero attached hydrogens (tertiary/aromatic N) is 1. The topological polar surface area (TPSA) is 83.6 Å². The number of carbonyl (C=O) groups excluding carboxylic acids is 1. The zero-order valence-electron chi connectivity index (χ0n) is 10.2. The van der Waals surface area contributed by atoms with Gasteiger partial charge in [0.25, 0.3) is 0 Å². The molecule has 1 aliphatic rings. The molecule has 5 nitrogen and oxygen atoms in total. The van der Waals surface area contributed by atoms with Crippen LogP contribution in [-0.4, -0.2) is 41.0 Å². The molecule has 0 radical (unpaired) electrons. The Morgan fingerprint density at radius 3 is 2.19 bits per heavy atom. The van der Waals surface area contributed by atoms with Crippen LogP contribution in [0.3, 0.4) is 0 Å². The van der Waals surface area contributed by atoms with Crippen molar-refractivity contribution in [1.29, 1.82) is 0 Å². The molecule has 3 unspecified atom stereocenters. The second kappa shape index (κ2) is 4.05. The predicted octanol–water partition coefficient (Wildman–Crippen LogP) is 0.291. The van der Waals surface area contributed by atoms with Crippen LogP contribution in [0.25, 0.3) is 0 Å². The van der Waals surface area contributed by atoms with E-state index in [2.05, 4.69) is 0 Å². The number of carboxylic acid groups (broad SMARTS) is 1. The summed E-state index contributed by atoms with van der Waals surface area (Å²) in [7, 11) is 1.63. The number of nitrogens with two attached hydrogens (primary N) is 1. The van der Waals surface area contributed by atoms with Crippen molar-refractivity contribution < 1.29 is 14.7 Å². The van der Waals surface area contributed by atoms with Crippen LogP contribution in [0.15, 0.2) is 0 Å². The molecule has 0 aromatic heterocycles. The van der Waals surface area contributed by atoms with Gasteiger partial charge in [0.2, 0.25) is 5.91 Å². The highest BCUT2D eigenvalue weighted by Crippen LogP contribution is 2.33. The quantitative estimate of drug-likeness (QED) is 0.711. The van der Waals surface area contributed by atoms with Crippen molar-refractivity contribution in [2.75, 3.05) is 7.05 Å². The first-order valence-corrected chi connectivity index (χ1v) is 5.42. The van der Waals surface area contributed by atoms with Gasteiger partial charge in [0, 0.05) is 18.5 Å². The Morgan fingerprint density at radius 1 is 1.38 bits per heavy atom. The van der Waals surface area contributed by atoms with E-state index in [1.807, 2.05) is 20.8 Å². The van der Waals surface area contributed by atoms with Gasteiger partial charge < -0.3 is 15.7 Å². The van der Waals surface area contributed by atoms with E-state index in [9.17, 15) is 9.59 Å². The molecule has 16 heavy (non-hydrogen) atoms. The van der Waals surface area contributed by atoms with Gasteiger partial charge in [0.05, 0.1) is 12.0 Å². The van der Waals surface area contributed by atoms with Gasteiger partial charge in [-0.3, -0.25) is 9.59 Å². The molecule has 3 N–H and O–H groups in total. The molecule has 0 spiro atoms. The summed E-state index contributed by atoms with van der Waals surface area (Å²) < 4.78 is 0. The maximum atomic E-state index is 12.0. The van der Waals surface area contributed by atoms with Crippen LogP contribution >= 0.6 is 0 Å². The number of carboxylic acids is 1. The number of hydrogen-bond donors (Lipinski definition) is 2. The van der Waals surface area contributed by atoms with E-state index in [0.717, 1.165) is 0 Å². The lowest BCUT2D eigenvalue weighted by Gasteiger charge is -2.46. The van der Waals surface area contributed by atoms with Gasteiger partial charge >= 0.3 is 5.97 Å². The molecule has 5 heteroatoms. The van der Waals surface area contributed by atoms with Gasteiger partial charge in [0.1, 0.15) is 0 Å². The third-order valence-corrected chi connectivity index (χ3v) is 3.10. The predicted molar refractivity (Wildman–Crippen MR) is 59.7 cm³/mol. The van der Waals surface area contributed by atoms with Crippen molar-refractivity contribution in [3.8, 4) is 0 Å². The number of rotatable bonds is 2. The summed E-state index contributed by atoms with van der Waals surface area (Å²) in [6, 6.07) is -0.596. The van der Waals surface area contributed by atoms with Crippen LogP contribution in [0, 0.1) is 11.3 Å². The molecule has 3 atom stereocenters.